The molecule has 2 heterocycles. The highest BCUT2D eigenvalue weighted by Crippen LogP contribution is 2.60. The van der Waals surface area contributed by atoms with Gasteiger partial charge >= 0.3 is 12.1 Å². The number of nitrogens with zero attached hydrogens (tertiary/aromatic N) is 2. The number of halogens is 1. The maximum Gasteiger partial charge on any atom is 0.410 e. The molecule has 0 radical (unpaired) electrons. The maximum atomic E-state index is 12.3. The molecule has 2 aliphatic rings. The van der Waals surface area contributed by atoms with E-state index in [0.29, 0.717) is 25.9 Å². The van der Waals surface area contributed by atoms with Crippen molar-refractivity contribution in [2.75, 3.05) is 19.7 Å². The number of carbonyl (C=O) groups excluding carboxylic acids is 1. The lowest BCUT2D eigenvalue weighted by Crippen LogP contribution is -2.68. The van der Waals surface area contributed by atoms with Crippen molar-refractivity contribution in [3.8, 4) is 0 Å². The van der Waals surface area contributed by atoms with Crippen LogP contribution in [0.3, 0.4) is 0 Å². The highest BCUT2D eigenvalue weighted by molar-refractivity contribution is 9.10. The van der Waals surface area contributed by atoms with Crippen LogP contribution in [0, 0.1) is 5.41 Å². The summed E-state index contributed by atoms with van der Waals surface area (Å²) in [6.45, 7) is 1.03. The Balaban J connectivity index is 1.35. The molecule has 2 fully saturated rings. The van der Waals surface area contributed by atoms with E-state index >= 15 is 0 Å². The zero-order valence-electron chi connectivity index (χ0n) is 15.7. The molecule has 1 aromatic heterocycles. The van der Waals surface area contributed by atoms with Crippen molar-refractivity contribution in [2.24, 2.45) is 5.41 Å². The van der Waals surface area contributed by atoms with Crippen LogP contribution < -0.4 is 0 Å². The highest BCUT2D eigenvalue weighted by atomic mass is 79.9. The van der Waals surface area contributed by atoms with Gasteiger partial charge in [0, 0.05) is 29.2 Å². The molecule has 8 heteroatoms. The minimum Gasteiger partial charge on any atom is -0.480 e. The fourth-order valence-electron chi connectivity index (χ4n) is 4.29. The second kappa shape index (κ2) is 7.76. The molecular weight excluding hydrogens is 440 g/mol. The number of aliphatic carboxylic acids is 1. The first-order valence-corrected chi connectivity index (χ1v) is 10.1. The third-order valence-electron chi connectivity index (χ3n) is 5.50. The number of likely N-dealkylation sites (tertiary alicyclic amines) is 1. The lowest BCUT2D eigenvalue weighted by atomic mass is 9.54. The van der Waals surface area contributed by atoms with Gasteiger partial charge < -0.3 is 19.5 Å². The molecule has 7 nitrogen and oxygen atoms in total. The summed E-state index contributed by atoms with van der Waals surface area (Å²) < 4.78 is 12.0. The highest BCUT2D eigenvalue weighted by Gasteiger charge is 2.63. The quantitative estimate of drug-likeness (QED) is 0.708. The van der Waals surface area contributed by atoms with Gasteiger partial charge in [0.1, 0.15) is 18.8 Å². The molecule has 1 amide bonds. The lowest BCUT2D eigenvalue weighted by Gasteiger charge is -2.62. The number of amides is 1. The van der Waals surface area contributed by atoms with Gasteiger partial charge in [0.2, 0.25) is 0 Å². The number of carboxylic acid groups (broad SMARTS) is 1. The van der Waals surface area contributed by atoms with Crippen molar-refractivity contribution in [3.05, 3.63) is 64.4 Å². The monoisotopic (exact) mass is 460 g/mol. The Kier molecular flexibility index (Phi) is 5.31. The van der Waals surface area contributed by atoms with Gasteiger partial charge in [0.05, 0.1) is 5.69 Å². The number of hydrogen-bond acceptors (Lipinski definition) is 5. The zero-order chi connectivity index (χ0) is 20.5. The Bertz CT molecular complexity index is 889. The summed E-state index contributed by atoms with van der Waals surface area (Å²) in [5.41, 5.74) is 0.873. The lowest BCUT2D eigenvalue weighted by molar-refractivity contribution is -0.221. The van der Waals surface area contributed by atoms with E-state index in [1.165, 1.54) is 0 Å². The first-order valence-electron chi connectivity index (χ1n) is 9.33. The Morgan fingerprint density at radius 1 is 1.14 bits per heavy atom. The van der Waals surface area contributed by atoms with Crippen molar-refractivity contribution in [3.63, 3.8) is 0 Å². The molecule has 29 heavy (non-hydrogen) atoms. The Morgan fingerprint density at radius 2 is 1.86 bits per heavy atom. The number of benzene rings is 1. The van der Waals surface area contributed by atoms with E-state index in [-0.39, 0.29) is 24.7 Å². The molecule has 1 saturated heterocycles. The van der Waals surface area contributed by atoms with Crippen LogP contribution in [0.15, 0.2) is 53.1 Å². The van der Waals surface area contributed by atoms with E-state index in [1.807, 2.05) is 42.5 Å². The Hall–Kier alpha value is -2.45. The molecule has 1 N–H and O–H groups in total. The molecule has 0 atom stereocenters. The van der Waals surface area contributed by atoms with Crippen LogP contribution in [0.4, 0.5) is 4.79 Å². The molecule has 0 unspecified atom stereocenters. The maximum absolute atomic E-state index is 12.3. The van der Waals surface area contributed by atoms with E-state index in [9.17, 15) is 9.59 Å². The van der Waals surface area contributed by atoms with Crippen LogP contribution >= 0.6 is 15.9 Å². The fraction of sp³-hybridized carbons (Fsp3) is 0.381. The van der Waals surface area contributed by atoms with Gasteiger partial charge in [0.15, 0.2) is 0 Å². The van der Waals surface area contributed by atoms with Crippen molar-refractivity contribution < 1.29 is 24.2 Å². The molecule has 1 saturated carbocycles. The van der Waals surface area contributed by atoms with Gasteiger partial charge in [0.25, 0.3) is 0 Å². The molecular formula is C21H21BrN2O5. The number of ether oxygens (including phenoxy) is 2. The van der Waals surface area contributed by atoms with Crippen LogP contribution in [0.25, 0.3) is 0 Å². The number of pyridine rings is 1. The van der Waals surface area contributed by atoms with E-state index in [4.69, 9.17) is 14.6 Å². The van der Waals surface area contributed by atoms with E-state index in [0.717, 1.165) is 15.7 Å². The Morgan fingerprint density at radius 3 is 2.48 bits per heavy atom. The van der Waals surface area contributed by atoms with Crippen molar-refractivity contribution in [1.82, 2.24) is 9.88 Å². The largest absolute Gasteiger partial charge is 0.480 e. The van der Waals surface area contributed by atoms with E-state index in [2.05, 4.69) is 20.9 Å². The molecule has 1 spiro atoms. The fourth-order valence-corrected chi connectivity index (χ4v) is 4.52. The minimum atomic E-state index is -1.01. The minimum absolute atomic E-state index is 0.0704. The summed E-state index contributed by atoms with van der Waals surface area (Å²) in [6, 6.07) is 13.3. The number of rotatable bonds is 6. The Labute approximate surface area is 176 Å². The van der Waals surface area contributed by atoms with Gasteiger partial charge in [-0.15, -0.1) is 0 Å². The van der Waals surface area contributed by atoms with Crippen molar-refractivity contribution in [1.29, 1.82) is 0 Å². The predicted molar refractivity (Wildman–Crippen MR) is 107 cm³/mol. The van der Waals surface area contributed by atoms with Gasteiger partial charge in [-0.2, -0.15) is 0 Å². The van der Waals surface area contributed by atoms with Crippen LogP contribution in [-0.4, -0.2) is 46.7 Å². The third kappa shape index (κ3) is 4.13. The molecule has 1 aliphatic carbocycles. The van der Waals surface area contributed by atoms with Crippen molar-refractivity contribution >= 4 is 28.0 Å². The SMILES string of the molecule is O=C(O)COC1(c2ccc(Br)cn2)CC2(CN(C(=O)OCc3ccccc3)C2)C1. The van der Waals surface area contributed by atoms with Gasteiger partial charge in [-0.05, 0) is 46.5 Å². The second-order valence-corrected chi connectivity index (χ2v) is 8.70. The smallest absolute Gasteiger partial charge is 0.410 e. The molecule has 152 valence electrons. The zero-order valence-corrected chi connectivity index (χ0v) is 17.3. The second-order valence-electron chi connectivity index (χ2n) is 7.79. The average molecular weight is 461 g/mol. The summed E-state index contributed by atoms with van der Waals surface area (Å²) in [5.74, 6) is -1.01. The van der Waals surface area contributed by atoms with Gasteiger partial charge in [-0.25, -0.2) is 9.59 Å². The first-order chi connectivity index (χ1) is 13.9. The van der Waals surface area contributed by atoms with Gasteiger partial charge in [-0.1, -0.05) is 30.3 Å². The predicted octanol–water partition coefficient (Wildman–Crippen LogP) is 3.57. The van der Waals surface area contributed by atoms with E-state index in [1.54, 1.807) is 11.1 Å². The number of aromatic nitrogens is 1. The summed E-state index contributed by atoms with van der Waals surface area (Å²) in [6.07, 6.45) is 2.61. The van der Waals surface area contributed by atoms with Crippen LogP contribution in [0.2, 0.25) is 0 Å². The van der Waals surface area contributed by atoms with Crippen LogP contribution in [0.1, 0.15) is 24.1 Å². The first kappa shape index (κ1) is 19.8. The molecule has 1 aliphatic heterocycles. The summed E-state index contributed by atoms with van der Waals surface area (Å²) in [7, 11) is 0. The standard InChI is InChI=1S/C21H21BrN2O5/c22-16-6-7-17(23-8-16)21(29-10-18(25)26)11-20(12-21)13-24(14-20)19(27)28-9-15-4-2-1-3-5-15/h1-8H,9-14H2,(H,25,26). The van der Waals surface area contributed by atoms with Gasteiger partial charge in [-0.3, -0.25) is 4.98 Å². The average Bonchev–Trinajstić information content (AvgIpc) is 2.65. The van der Waals surface area contributed by atoms with Crippen LogP contribution in [-0.2, 0) is 26.5 Å². The van der Waals surface area contributed by atoms with Crippen molar-refractivity contribution in [2.45, 2.75) is 25.0 Å². The summed E-state index contributed by atoms with van der Waals surface area (Å²) in [5, 5.41) is 9.03. The topological polar surface area (TPSA) is 89.0 Å². The van der Waals surface area contributed by atoms with E-state index < -0.39 is 11.6 Å². The third-order valence-corrected chi connectivity index (χ3v) is 5.97. The summed E-state index contributed by atoms with van der Waals surface area (Å²) in [4.78, 5) is 29.4. The van der Waals surface area contributed by atoms with Crippen LogP contribution in [0.5, 0.6) is 0 Å². The number of carbonyl (C=O) groups is 2. The number of carboxylic acids is 1. The molecule has 0 bridgehead atoms. The number of hydrogen-bond donors (Lipinski definition) is 1. The summed E-state index contributed by atoms with van der Waals surface area (Å²) >= 11 is 3.36. The molecule has 4 rings (SSSR count). The normalized spacial score (nSPS) is 18.6. The molecule has 2 aromatic rings. The molecule has 1 aromatic carbocycles.